The number of aliphatic imine (C=N–C) groups is 1. The Morgan fingerprint density at radius 1 is 1.27 bits per heavy atom. The highest BCUT2D eigenvalue weighted by molar-refractivity contribution is 14.0. The molecule has 1 aromatic rings. The number of benzene rings is 1. The highest BCUT2D eigenvalue weighted by Gasteiger charge is 2.16. The van der Waals surface area contributed by atoms with Gasteiger partial charge in [-0.1, -0.05) is 13.0 Å². The van der Waals surface area contributed by atoms with Crippen molar-refractivity contribution >= 4 is 29.9 Å². The van der Waals surface area contributed by atoms with Crippen LogP contribution in [0.4, 0.5) is 8.78 Å². The molecular formula is C16H24F2IN3. The van der Waals surface area contributed by atoms with E-state index in [2.05, 4.69) is 15.2 Å². The Hall–Kier alpha value is -0.920. The molecule has 1 atom stereocenters. The number of rotatable bonds is 4. The predicted molar refractivity (Wildman–Crippen MR) is 97.0 cm³/mol. The van der Waals surface area contributed by atoms with Gasteiger partial charge < -0.3 is 10.2 Å². The van der Waals surface area contributed by atoms with Crippen molar-refractivity contribution in [2.45, 2.75) is 32.6 Å². The summed E-state index contributed by atoms with van der Waals surface area (Å²) >= 11 is 0. The molecule has 124 valence electrons. The summed E-state index contributed by atoms with van der Waals surface area (Å²) < 4.78 is 26.2. The van der Waals surface area contributed by atoms with Crippen LogP contribution in [-0.2, 0) is 0 Å². The average molecular weight is 423 g/mol. The fourth-order valence-electron chi connectivity index (χ4n) is 2.50. The van der Waals surface area contributed by atoms with Gasteiger partial charge in [0.2, 0.25) is 0 Å². The monoisotopic (exact) mass is 423 g/mol. The average Bonchev–Trinajstić information content (AvgIpc) is 3.00. The maximum absolute atomic E-state index is 13.3. The molecular weight excluding hydrogens is 399 g/mol. The lowest BCUT2D eigenvalue weighted by Gasteiger charge is -2.21. The quantitative estimate of drug-likeness (QED) is 0.454. The van der Waals surface area contributed by atoms with Crippen molar-refractivity contribution in [1.82, 2.24) is 10.2 Å². The molecule has 0 spiro atoms. The molecule has 0 saturated carbocycles. The Morgan fingerprint density at radius 3 is 2.55 bits per heavy atom. The predicted octanol–water partition coefficient (Wildman–Crippen LogP) is 3.75. The van der Waals surface area contributed by atoms with Crippen LogP contribution in [0.3, 0.4) is 0 Å². The van der Waals surface area contributed by atoms with E-state index >= 15 is 0 Å². The van der Waals surface area contributed by atoms with Gasteiger partial charge in [-0.05, 0) is 37.5 Å². The number of guanidine groups is 1. The molecule has 0 amide bonds. The van der Waals surface area contributed by atoms with Crippen LogP contribution in [0.1, 0.15) is 38.2 Å². The summed E-state index contributed by atoms with van der Waals surface area (Å²) in [5.74, 6) is -0.629. The van der Waals surface area contributed by atoms with E-state index in [4.69, 9.17) is 0 Å². The topological polar surface area (TPSA) is 27.6 Å². The van der Waals surface area contributed by atoms with Crippen molar-refractivity contribution in [3.8, 4) is 0 Å². The lowest BCUT2D eigenvalue weighted by molar-refractivity contribution is 0.492. The van der Waals surface area contributed by atoms with Crippen LogP contribution in [-0.4, -0.2) is 37.0 Å². The van der Waals surface area contributed by atoms with Gasteiger partial charge in [0.05, 0.1) is 0 Å². The molecule has 6 heteroatoms. The van der Waals surface area contributed by atoms with Gasteiger partial charge >= 0.3 is 0 Å². The van der Waals surface area contributed by atoms with Gasteiger partial charge in [0.1, 0.15) is 0 Å². The molecule has 1 heterocycles. The highest BCUT2D eigenvalue weighted by atomic mass is 127. The second-order valence-corrected chi connectivity index (χ2v) is 5.46. The molecule has 1 saturated heterocycles. The van der Waals surface area contributed by atoms with Gasteiger partial charge in [0, 0.05) is 32.1 Å². The molecule has 0 aliphatic carbocycles. The van der Waals surface area contributed by atoms with Gasteiger partial charge in [-0.25, -0.2) is 8.78 Å². The standard InChI is InChI=1S/C16H23F2N3.HI/c1-3-19-16(21-8-4-5-9-21)20-11-12(2)13-6-7-14(17)15(18)10-13;/h6-7,10,12H,3-5,8-9,11H2,1-2H3,(H,19,20);1H. The van der Waals surface area contributed by atoms with E-state index in [1.54, 1.807) is 6.07 Å². The van der Waals surface area contributed by atoms with Crippen LogP contribution >= 0.6 is 24.0 Å². The van der Waals surface area contributed by atoms with E-state index in [-0.39, 0.29) is 29.9 Å². The van der Waals surface area contributed by atoms with E-state index < -0.39 is 11.6 Å². The molecule has 0 bridgehead atoms. The van der Waals surface area contributed by atoms with Gasteiger partial charge in [-0.15, -0.1) is 24.0 Å². The molecule has 22 heavy (non-hydrogen) atoms. The van der Waals surface area contributed by atoms with Crippen molar-refractivity contribution < 1.29 is 8.78 Å². The van der Waals surface area contributed by atoms with Crippen LogP contribution < -0.4 is 5.32 Å². The molecule has 0 aromatic heterocycles. The summed E-state index contributed by atoms with van der Waals surface area (Å²) in [6, 6.07) is 4.07. The van der Waals surface area contributed by atoms with Crippen LogP contribution in [0.5, 0.6) is 0 Å². The van der Waals surface area contributed by atoms with E-state index in [0.717, 1.165) is 31.2 Å². The van der Waals surface area contributed by atoms with E-state index in [0.29, 0.717) is 6.54 Å². The largest absolute Gasteiger partial charge is 0.357 e. The van der Waals surface area contributed by atoms with Crippen LogP contribution in [0.25, 0.3) is 0 Å². The minimum Gasteiger partial charge on any atom is -0.357 e. The Balaban J connectivity index is 0.00000242. The number of halogens is 3. The molecule has 2 rings (SSSR count). The van der Waals surface area contributed by atoms with Crippen molar-refractivity contribution in [3.63, 3.8) is 0 Å². The fraction of sp³-hybridized carbons (Fsp3) is 0.562. The zero-order chi connectivity index (χ0) is 15.2. The number of hydrogen-bond donors (Lipinski definition) is 1. The Bertz CT molecular complexity index is 502. The molecule has 1 unspecified atom stereocenters. The maximum Gasteiger partial charge on any atom is 0.193 e. The number of nitrogens with zero attached hydrogens (tertiary/aromatic N) is 2. The Morgan fingerprint density at radius 2 is 1.95 bits per heavy atom. The summed E-state index contributed by atoms with van der Waals surface area (Å²) in [5.41, 5.74) is 0.773. The van der Waals surface area contributed by atoms with Gasteiger partial charge in [-0.2, -0.15) is 0 Å². The zero-order valence-electron chi connectivity index (χ0n) is 13.1. The lowest BCUT2D eigenvalue weighted by atomic mass is 10.0. The minimum absolute atomic E-state index is 0. The third-order valence-electron chi connectivity index (χ3n) is 3.77. The molecule has 1 aliphatic rings. The van der Waals surface area contributed by atoms with Crippen LogP contribution in [0.15, 0.2) is 23.2 Å². The first-order valence-corrected chi connectivity index (χ1v) is 7.60. The molecule has 1 N–H and O–H groups in total. The fourth-order valence-corrected chi connectivity index (χ4v) is 2.50. The summed E-state index contributed by atoms with van der Waals surface area (Å²) in [5, 5.41) is 3.29. The zero-order valence-corrected chi connectivity index (χ0v) is 15.4. The Labute approximate surface area is 148 Å². The molecule has 1 fully saturated rings. The first kappa shape index (κ1) is 19.1. The first-order chi connectivity index (χ1) is 10.1. The van der Waals surface area contributed by atoms with Gasteiger partial charge in [0.15, 0.2) is 17.6 Å². The summed E-state index contributed by atoms with van der Waals surface area (Å²) in [7, 11) is 0. The second-order valence-electron chi connectivity index (χ2n) is 5.46. The molecule has 0 radical (unpaired) electrons. The SMILES string of the molecule is CCNC(=NCC(C)c1ccc(F)c(F)c1)N1CCCC1.I. The smallest absolute Gasteiger partial charge is 0.193 e. The van der Waals surface area contributed by atoms with Crippen LogP contribution in [0, 0.1) is 11.6 Å². The summed E-state index contributed by atoms with van der Waals surface area (Å²) in [4.78, 5) is 6.89. The number of hydrogen-bond acceptors (Lipinski definition) is 1. The van der Waals surface area contributed by atoms with E-state index in [1.807, 2.05) is 13.8 Å². The number of nitrogens with one attached hydrogen (secondary N) is 1. The van der Waals surface area contributed by atoms with Crippen LogP contribution in [0.2, 0.25) is 0 Å². The van der Waals surface area contributed by atoms with Crippen molar-refractivity contribution in [3.05, 3.63) is 35.4 Å². The first-order valence-electron chi connectivity index (χ1n) is 7.60. The Kier molecular flexibility index (Phi) is 8.06. The van der Waals surface area contributed by atoms with E-state index in [9.17, 15) is 8.78 Å². The molecule has 1 aromatic carbocycles. The van der Waals surface area contributed by atoms with Crippen molar-refractivity contribution in [2.75, 3.05) is 26.2 Å². The maximum atomic E-state index is 13.3. The van der Waals surface area contributed by atoms with Gasteiger partial charge in [-0.3, -0.25) is 4.99 Å². The van der Waals surface area contributed by atoms with E-state index in [1.165, 1.54) is 25.0 Å². The van der Waals surface area contributed by atoms with Crippen molar-refractivity contribution in [1.29, 1.82) is 0 Å². The normalized spacial score (nSPS) is 16.4. The summed E-state index contributed by atoms with van der Waals surface area (Å²) in [6.07, 6.45) is 2.40. The summed E-state index contributed by atoms with van der Waals surface area (Å²) in [6.45, 7) is 7.48. The van der Waals surface area contributed by atoms with Crippen molar-refractivity contribution in [2.24, 2.45) is 4.99 Å². The number of likely N-dealkylation sites (tertiary alicyclic amines) is 1. The lowest BCUT2D eigenvalue weighted by Crippen LogP contribution is -2.39. The second kappa shape index (κ2) is 9.27. The third-order valence-corrected chi connectivity index (χ3v) is 3.77. The minimum atomic E-state index is -0.806. The molecule has 1 aliphatic heterocycles. The third kappa shape index (κ3) is 5.07. The molecule has 3 nitrogen and oxygen atoms in total. The van der Waals surface area contributed by atoms with Gasteiger partial charge in [0.25, 0.3) is 0 Å². The highest BCUT2D eigenvalue weighted by Crippen LogP contribution is 2.18.